The second kappa shape index (κ2) is 8.13. The maximum absolute atomic E-state index is 2.39. The minimum atomic E-state index is 0. The third-order valence-electron chi connectivity index (χ3n) is 3.69. The van der Waals surface area contributed by atoms with E-state index >= 15 is 0 Å². The monoisotopic (exact) mass is 416 g/mol. The molecule has 0 radical (unpaired) electrons. The van der Waals surface area contributed by atoms with Crippen LogP contribution < -0.4 is 33.4 Å². The summed E-state index contributed by atoms with van der Waals surface area (Å²) in [5.41, 5.74) is 4.07. The molecule has 1 aromatic carbocycles. The van der Waals surface area contributed by atoms with Gasteiger partial charge in [0, 0.05) is 26.2 Å². The van der Waals surface area contributed by atoms with Crippen molar-refractivity contribution in [3.8, 4) is 10.6 Å². The molecule has 116 valence electrons. The van der Waals surface area contributed by atoms with E-state index in [1.807, 2.05) is 11.3 Å². The largest absolute Gasteiger partial charge is 1.00 e. The third-order valence-corrected chi connectivity index (χ3v) is 5.16. The van der Waals surface area contributed by atoms with Crippen LogP contribution in [0.1, 0.15) is 30.8 Å². The summed E-state index contributed by atoms with van der Waals surface area (Å²) in [7, 11) is 6.36. The molecular weight excluding hydrogens is 391 g/mol. The smallest absolute Gasteiger partial charge is 0.269 e. The van der Waals surface area contributed by atoms with Crippen molar-refractivity contribution >= 4 is 17.0 Å². The number of aryl methyl sites for hydroxylation is 1. The zero-order valence-electron chi connectivity index (χ0n) is 13.6. The van der Waals surface area contributed by atoms with Gasteiger partial charge in [-0.1, -0.05) is 25.2 Å². The number of hydrogen-bond donors (Lipinski definition) is 0. The van der Waals surface area contributed by atoms with E-state index in [2.05, 4.69) is 68.7 Å². The van der Waals surface area contributed by atoms with Crippen molar-refractivity contribution in [2.75, 3.05) is 19.0 Å². The predicted molar refractivity (Wildman–Crippen MR) is 88.6 cm³/mol. The first-order valence-corrected chi connectivity index (χ1v) is 8.18. The van der Waals surface area contributed by atoms with Crippen LogP contribution in [0.25, 0.3) is 10.6 Å². The average molecular weight is 416 g/mol. The molecule has 0 fully saturated rings. The molecule has 2 aromatic rings. The molecule has 4 heteroatoms. The maximum Gasteiger partial charge on any atom is 0.269 e. The zero-order valence-corrected chi connectivity index (χ0v) is 16.6. The van der Waals surface area contributed by atoms with Gasteiger partial charge < -0.3 is 28.9 Å². The molecule has 0 N–H and O–H groups in total. The first-order valence-electron chi connectivity index (χ1n) is 7.36. The van der Waals surface area contributed by atoms with E-state index < -0.39 is 0 Å². The number of rotatable bonds is 5. The summed E-state index contributed by atoms with van der Waals surface area (Å²) >= 11 is 1.94. The number of benzene rings is 1. The lowest BCUT2D eigenvalue weighted by Crippen LogP contribution is -3.00. The number of anilines is 1. The molecule has 0 aliphatic heterocycles. The Kier molecular flexibility index (Phi) is 7.13. The lowest BCUT2D eigenvalue weighted by atomic mass is 10.2. The summed E-state index contributed by atoms with van der Waals surface area (Å²) in [4.78, 5) is 3.67. The van der Waals surface area contributed by atoms with Crippen molar-refractivity contribution in [2.24, 2.45) is 7.05 Å². The highest BCUT2D eigenvalue weighted by molar-refractivity contribution is 7.14. The van der Waals surface area contributed by atoms with Gasteiger partial charge in [0.25, 0.3) is 5.01 Å². The lowest BCUT2D eigenvalue weighted by molar-refractivity contribution is -0.664. The van der Waals surface area contributed by atoms with Gasteiger partial charge in [0.05, 0.1) is 10.4 Å². The van der Waals surface area contributed by atoms with Gasteiger partial charge >= 0.3 is 0 Å². The van der Waals surface area contributed by atoms with Crippen molar-refractivity contribution in [3.05, 3.63) is 34.8 Å². The fourth-order valence-electron chi connectivity index (χ4n) is 2.53. The van der Waals surface area contributed by atoms with Gasteiger partial charge in [0.2, 0.25) is 0 Å². The van der Waals surface area contributed by atoms with E-state index in [0.717, 1.165) is 6.42 Å². The summed E-state index contributed by atoms with van der Waals surface area (Å²) in [6.07, 6.45) is 3.51. The first kappa shape index (κ1) is 18.4. The number of nitrogens with zero attached hydrogens (tertiary/aromatic N) is 2. The molecule has 1 aromatic heterocycles. The molecule has 0 unspecified atom stereocenters. The summed E-state index contributed by atoms with van der Waals surface area (Å²) in [5.74, 6) is 0. The minimum Gasteiger partial charge on any atom is -1.00 e. The highest BCUT2D eigenvalue weighted by Gasteiger charge is 2.22. The van der Waals surface area contributed by atoms with Crippen molar-refractivity contribution in [1.82, 2.24) is 0 Å². The predicted octanol–water partition coefficient (Wildman–Crippen LogP) is 0.825. The van der Waals surface area contributed by atoms with Crippen LogP contribution >= 0.6 is 11.3 Å². The molecule has 0 amide bonds. The van der Waals surface area contributed by atoms with Crippen LogP contribution in [-0.4, -0.2) is 14.1 Å². The van der Waals surface area contributed by atoms with Gasteiger partial charge in [0.1, 0.15) is 7.05 Å². The Morgan fingerprint density at radius 2 is 1.71 bits per heavy atom. The second-order valence-corrected chi connectivity index (χ2v) is 6.46. The molecule has 0 saturated carbocycles. The standard InChI is InChI=1S/C17H25N2S.HI/c1-6-8-15-16(7-2)20-17(19(15)5)13-9-11-14(12-10-13)18(3)4;/h9-12H,6-8H2,1-5H3;1H/q+1;/p-1. The zero-order chi connectivity index (χ0) is 14.7. The highest BCUT2D eigenvalue weighted by atomic mass is 127. The van der Waals surface area contributed by atoms with E-state index in [9.17, 15) is 0 Å². The minimum absolute atomic E-state index is 0. The Morgan fingerprint density at radius 3 is 2.19 bits per heavy atom. The molecule has 0 aliphatic rings. The Hall–Kier alpha value is -0.620. The molecule has 2 nitrogen and oxygen atoms in total. The lowest BCUT2D eigenvalue weighted by Gasteiger charge is -2.11. The van der Waals surface area contributed by atoms with Crippen LogP contribution in [0.5, 0.6) is 0 Å². The average Bonchev–Trinajstić information content (AvgIpc) is 2.76. The molecule has 0 atom stereocenters. The Labute approximate surface area is 149 Å². The van der Waals surface area contributed by atoms with E-state index in [1.165, 1.54) is 39.7 Å². The van der Waals surface area contributed by atoms with Crippen molar-refractivity contribution < 1.29 is 28.5 Å². The fourth-order valence-corrected chi connectivity index (χ4v) is 3.76. The van der Waals surface area contributed by atoms with Gasteiger partial charge in [-0.15, -0.1) is 0 Å². The van der Waals surface area contributed by atoms with Crippen LogP contribution in [-0.2, 0) is 19.9 Å². The molecule has 1 heterocycles. The third kappa shape index (κ3) is 3.97. The first-order chi connectivity index (χ1) is 9.58. The summed E-state index contributed by atoms with van der Waals surface area (Å²) < 4.78 is 2.39. The van der Waals surface area contributed by atoms with Crippen LogP contribution in [0.15, 0.2) is 24.3 Å². The fraction of sp³-hybridized carbons (Fsp3) is 0.471. The highest BCUT2D eigenvalue weighted by Crippen LogP contribution is 2.28. The van der Waals surface area contributed by atoms with Crippen LogP contribution in [0, 0.1) is 0 Å². The molecule has 2 rings (SSSR count). The van der Waals surface area contributed by atoms with E-state index in [0.29, 0.717) is 0 Å². The summed E-state index contributed by atoms with van der Waals surface area (Å²) in [6.45, 7) is 4.51. The quantitative estimate of drug-likeness (QED) is 0.518. The van der Waals surface area contributed by atoms with Crippen LogP contribution in [0.3, 0.4) is 0 Å². The van der Waals surface area contributed by atoms with Gasteiger partial charge in [-0.3, -0.25) is 0 Å². The molecule has 0 bridgehead atoms. The van der Waals surface area contributed by atoms with Gasteiger partial charge in [-0.2, -0.15) is 4.57 Å². The molecule has 0 saturated heterocycles. The van der Waals surface area contributed by atoms with Crippen LogP contribution in [0.4, 0.5) is 5.69 Å². The number of hydrogen-bond acceptors (Lipinski definition) is 2. The Balaban J connectivity index is 0.00000220. The molecule has 21 heavy (non-hydrogen) atoms. The summed E-state index contributed by atoms with van der Waals surface area (Å²) in [6, 6.07) is 8.85. The van der Waals surface area contributed by atoms with Gasteiger partial charge in [-0.25, -0.2) is 0 Å². The van der Waals surface area contributed by atoms with E-state index in [-0.39, 0.29) is 24.0 Å². The number of halogens is 1. The second-order valence-electron chi connectivity index (χ2n) is 5.38. The molecule has 0 spiro atoms. The van der Waals surface area contributed by atoms with Gasteiger partial charge in [0.15, 0.2) is 5.69 Å². The van der Waals surface area contributed by atoms with E-state index in [4.69, 9.17) is 0 Å². The SMILES string of the molecule is CCCc1c(CC)sc(-c2ccc(N(C)C)cc2)[n+]1C.[I-]. The topological polar surface area (TPSA) is 7.12 Å². The van der Waals surface area contributed by atoms with E-state index in [1.54, 1.807) is 0 Å². The summed E-state index contributed by atoms with van der Waals surface area (Å²) in [5, 5.41) is 1.37. The number of aromatic nitrogens is 1. The van der Waals surface area contributed by atoms with Crippen molar-refractivity contribution in [3.63, 3.8) is 0 Å². The molecular formula is C17H25IN2S. The molecule has 0 aliphatic carbocycles. The number of thiazole rings is 1. The normalized spacial score (nSPS) is 10.3. The van der Waals surface area contributed by atoms with Crippen molar-refractivity contribution in [1.29, 1.82) is 0 Å². The van der Waals surface area contributed by atoms with Crippen LogP contribution in [0.2, 0.25) is 0 Å². The Morgan fingerprint density at radius 1 is 1.10 bits per heavy atom. The maximum atomic E-state index is 2.39. The van der Waals surface area contributed by atoms with Gasteiger partial charge in [-0.05, 0) is 37.1 Å². The Bertz CT molecular complexity index is 573. The van der Waals surface area contributed by atoms with Crippen molar-refractivity contribution in [2.45, 2.75) is 33.1 Å².